The predicted octanol–water partition coefficient (Wildman–Crippen LogP) is 2.91. The lowest BCUT2D eigenvalue weighted by Crippen LogP contribution is -2.05. The minimum atomic E-state index is -4.49. The molecule has 2 heterocycles. The molecule has 0 unspecified atom stereocenters. The maximum absolute atomic E-state index is 12.5. The van der Waals surface area contributed by atoms with Crippen LogP contribution in [0.2, 0.25) is 0 Å². The van der Waals surface area contributed by atoms with Crippen molar-refractivity contribution in [1.82, 2.24) is 14.6 Å². The van der Waals surface area contributed by atoms with Crippen molar-refractivity contribution < 1.29 is 13.2 Å². The molecule has 0 aliphatic carbocycles. The lowest BCUT2D eigenvalue weighted by molar-refractivity contribution is -0.141. The number of halogens is 4. The first-order valence-corrected chi connectivity index (χ1v) is 5.24. The van der Waals surface area contributed by atoms with E-state index in [0.717, 1.165) is 10.6 Å². The van der Waals surface area contributed by atoms with Crippen LogP contribution >= 0.6 is 11.6 Å². The number of hydrogen-bond donors (Lipinski definition) is 1. The van der Waals surface area contributed by atoms with Crippen molar-refractivity contribution in [2.45, 2.75) is 6.18 Å². The molecule has 0 aromatic carbocycles. The zero-order valence-electron chi connectivity index (χ0n) is 9.00. The van der Waals surface area contributed by atoms with Crippen LogP contribution in [0.1, 0.15) is 5.69 Å². The number of aromatic nitrogens is 3. The number of nitrogens with zero attached hydrogens (tertiary/aromatic N) is 3. The summed E-state index contributed by atoms with van der Waals surface area (Å²) < 4.78 is 38.7. The fourth-order valence-corrected chi connectivity index (χ4v) is 1.44. The second-order valence-corrected chi connectivity index (χ2v) is 4.04. The lowest BCUT2D eigenvalue weighted by atomic mass is 10.3. The molecule has 1 N–H and O–H groups in total. The molecule has 0 atom stereocenters. The summed E-state index contributed by atoms with van der Waals surface area (Å²) >= 11 is 5.57. The molecule has 4 nitrogen and oxygen atoms in total. The second-order valence-electron chi connectivity index (χ2n) is 3.50. The Morgan fingerprint density at radius 3 is 2.83 bits per heavy atom. The molecule has 0 bridgehead atoms. The van der Waals surface area contributed by atoms with Crippen LogP contribution < -0.4 is 5.32 Å². The fraction of sp³-hybridized carbons (Fsp3) is 0.200. The van der Waals surface area contributed by atoms with Gasteiger partial charge in [0.15, 0.2) is 11.5 Å². The highest BCUT2D eigenvalue weighted by molar-refractivity contribution is 6.29. The van der Waals surface area contributed by atoms with Gasteiger partial charge < -0.3 is 5.32 Å². The van der Waals surface area contributed by atoms with Crippen LogP contribution in [0.4, 0.5) is 19.0 Å². The Balaban J connectivity index is 2.42. The normalized spacial score (nSPS) is 11.8. The van der Waals surface area contributed by atoms with Gasteiger partial charge in [0, 0.05) is 23.5 Å². The third kappa shape index (κ3) is 2.56. The van der Waals surface area contributed by atoms with Crippen LogP contribution in [-0.4, -0.2) is 21.1 Å². The molecule has 96 valence electrons. The standard InChI is InChI=1S/C10H8ClF3N4/c1-6(11)5-16-9-7-4-8(10(12,13)14)17-18(7)3-2-15-9/h2-4H,1,5H2,(H,15,16). The lowest BCUT2D eigenvalue weighted by Gasteiger charge is -2.04. The van der Waals surface area contributed by atoms with Gasteiger partial charge in [0.1, 0.15) is 5.52 Å². The molecule has 0 aliphatic rings. The average molecular weight is 277 g/mol. The summed E-state index contributed by atoms with van der Waals surface area (Å²) in [6.45, 7) is 3.68. The first kappa shape index (κ1) is 12.7. The largest absolute Gasteiger partial charge is 0.435 e. The summed E-state index contributed by atoms with van der Waals surface area (Å²) in [6, 6.07) is 0.923. The van der Waals surface area contributed by atoms with E-state index in [-0.39, 0.29) is 17.9 Å². The van der Waals surface area contributed by atoms with Crippen molar-refractivity contribution in [2.75, 3.05) is 11.9 Å². The summed E-state index contributed by atoms with van der Waals surface area (Å²) in [6.07, 6.45) is -1.80. The number of hydrogen-bond acceptors (Lipinski definition) is 3. The Morgan fingerprint density at radius 1 is 1.50 bits per heavy atom. The van der Waals surface area contributed by atoms with Crippen molar-refractivity contribution in [3.63, 3.8) is 0 Å². The van der Waals surface area contributed by atoms with Gasteiger partial charge in [-0.25, -0.2) is 9.50 Å². The minimum Gasteiger partial charge on any atom is -0.363 e. The van der Waals surface area contributed by atoms with Crippen LogP contribution in [0.5, 0.6) is 0 Å². The topological polar surface area (TPSA) is 42.2 Å². The maximum atomic E-state index is 12.5. The summed E-state index contributed by atoms with van der Waals surface area (Å²) in [7, 11) is 0. The van der Waals surface area contributed by atoms with Gasteiger partial charge in [0.2, 0.25) is 0 Å². The molecule has 2 aromatic rings. The van der Waals surface area contributed by atoms with Gasteiger partial charge in [-0.3, -0.25) is 0 Å². The molecule has 0 radical (unpaired) electrons. The highest BCUT2D eigenvalue weighted by Gasteiger charge is 2.34. The SMILES string of the molecule is C=C(Cl)CNc1nccn2nc(C(F)(F)F)cc12. The zero-order valence-corrected chi connectivity index (χ0v) is 9.76. The molecule has 0 saturated heterocycles. The van der Waals surface area contributed by atoms with Gasteiger partial charge in [0.05, 0.1) is 6.54 Å². The van der Waals surface area contributed by atoms with Gasteiger partial charge in [-0.2, -0.15) is 18.3 Å². The number of alkyl halides is 3. The van der Waals surface area contributed by atoms with E-state index in [9.17, 15) is 13.2 Å². The van der Waals surface area contributed by atoms with Crippen molar-refractivity contribution >= 4 is 22.9 Å². The van der Waals surface area contributed by atoms with E-state index in [0.29, 0.717) is 5.03 Å². The molecule has 18 heavy (non-hydrogen) atoms. The summed E-state index contributed by atoms with van der Waals surface area (Å²) in [5.74, 6) is 0.266. The minimum absolute atomic E-state index is 0.209. The van der Waals surface area contributed by atoms with Crippen LogP contribution in [0.3, 0.4) is 0 Å². The molecule has 8 heteroatoms. The Labute approximate surface area is 105 Å². The molecule has 0 spiro atoms. The second kappa shape index (κ2) is 4.49. The molecular formula is C10H8ClF3N4. The Bertz CT molecular complexity index is 590. The van der Waals surface area contributed by atoms with Gasteiger partial charge in [-0.15, -0.1) is 0 Å². The number of nitrogens with one attached hydrogen (secondary N) is 1. The molecule has 0 aliphatic heterocycles. The summed E-state index contributed by atoms with van der Waals surface area (Å²) in [5.41, 5.74) is -0.744. The van der Waals surface area contributed by atoms with Crippen LogP contribution in [0.25, 0.3) is 5.52 Å². The summed E-state index contributed by atoms with van der Waals surface area (Å²) in [5, 5.41) is 6.54. The van der Waals surface area contributed by atoms with Gasteiger partial charge in [-0.1, -0.05) is 18.2 Å². The smallest absolute Gasteiger partial charge is 0.363 e. The number of rotatable bonds is 3. The van der Waals surface area contributed by atoms with E-state index in [1.165, 1.54) is 12.4 Å². The molecule has 2 aromatic heterocycles. The molecule has 0 fully saturated rings. The van der Waals surface area contributed by atoms with E-state index in [2.05, 4.69) is 22.0 Å². The predicted molar refractivity (Wildman–Crippen MR) is 61.5 cm³/mol. The Kier molecular flexibility index (Phi) is 3.16. The monoisotopic (exact) mass is 276 g/mol. The fourth-order valence-electron chi connectivity index (χ4n) is 1.38. The Hall–Kier alpha value is -1.76. The molecule has 0 amide bonds. The van der Waals surface area contributed by atoms with Crippen molar-refractivity contribution in [2.24, 2.45) is 0 Å². The zero-order chi connectivity index (χ0) is 13.3. The van der Waals surface area contributed by atoms with E-state index < -0.39 is 11.9 Å². The van der Waals surface area contributed by atoms with E-state index >= 15 is 0 Å². The Morgan fingerprint density at radius 2 is 2.22 bits per heavy atom. The van der Waals surface area contributed by atoms with Crippen LogP contribution in [0, 0.1) is 0 Å². The highest BCUT2D eigenvalue weighted by Crippen LogP contribution is 2.30. The van der Waals surface area contributed by atoms with E-state index in [1.54, 1.807) is 0 Å². The van der Waals surface area contributed by atoms with E-state index in [1.807, 2.05) is 0 Å². The number of anilines is 1. The molecular weight excluding hydrogens is 269 g/mol. The highest BCUT2D eigenvalue weighted by atomic mass is 35.5. The van der Waals surface area contributed by atoms with Crippen molar-refractivity contribution in [3.8, 4) is 0 Å². The quantitative estimate of drug-likeness (QED) is 0.937. The van der Waals surface area contributed by atoms with Gasteiger partial charge in [0.25, 0.3) is 0 Å². The van der Waals surface area contributed by atoms with Crippen LogP contribution in [-0.2, 0) is 6.18 Å². The first-order chi connectivity index (χ1) is 8.38. The van der Waals surface area contributed by atoms with Crippen molar-refractivity contribution in [1.29, 1.82) is 0 Å². The average Bonchev–Trinajstić information content (AvgIpc) is 2.69. The molecule has 2 rings (SSSR count). The van der Waals surface area contributed by atoms with Gasteiger partial charge in [-0.05, 0) is 0 Å². The number of fused-ring (bicyclic) bond motifs is 1. The summed E-state index contributed by atoms with van der Waals surface area (Å²) in [4.78, 5) is 3.94. The third-order valence-corrected chi connectivity index (χ3v) is 2.26. The third-order valence-electron chi connectivity index (χ3n) is 2.13. The first-order valence-electron chi connectivity index (χ1n) is 4.86. The molecule has 0 saturated carbocycles. The van der Waals surface area contributed by atoms with E-state index in [4.69, 9.17) is 11.6 Å². The van der Waals surface area contributed by atoms with Crippen LogP contribution in [0.15, 0.2) is 30.1 Å². The van der Waals surface area contributed by atoms with Gasteiger partial charge >= 0.3 is 6.18 Å². The van der Waals surface area contributed by atoms with Crippen molar-refractivity contribution in [3.05, 3.63) is 35.8 Å². The maximum Gasteiger partial charge on any atom is 0.435 e.